The van der Waals surface area contributed by atoms with Crippen molar-refractivity contribution in [3.63, 3.8) is 0 Å². The molecule has 6 nitrogen and oxygen atoms in total. The van der Waals surface area contributed by atoms with Crippen LogP contribution in [0.5, 0.6) is 5.75 Å². The minimum atomic E-state index is -0.349. The summed E-state index contributed by atoms with van der Waals surface area (Å²) in [7, 11) is 1.59. The van der Waals surface area contributed by atoms with Gasteiger partial charge in [-0.3, -0.25) is 10.1 Å². The van der Waals surface area contributed by atoms with E-state index in [1.54, 1.807) is 19.2 Å². The average Bonchev–Trinajstić information content (AvgIpc) is 3.12. The molecule has 3 aromatic rings. The van der Waals surface area contributed by atoms with Crippen LogP contribution in [0, 0.1) is 25.2 Å². The summed E-state index contributed by atoms with van der Waals surface area (Å²) in [5.41, 5.74) is 2.18. The molecule has 25 heavy (non-hydrogen) atoms. The van der Waals surface area contributed by atoms with Crippen molar-refractivity contribution in [3.05, 3.63) is 35.2 Å². The van der Waals surface area contributed by atoms with E-state index in [9.17, 15) is 4.79 Å². The lowest BCUT2D eigenvalue weighted by molar-refractivity contribution is 0.0998. The smallest absolute Gasteiger partial charge is 0.293 e. The van der Waals surface area contributed by atoms with Gasteiger partial charge in [0.2, 0.25) is 0 Å². The zero-order chi connectivity index (χ0) is 18.0. The Morgan fingerprint density at radius 1 is 1.48 bits per heavy atom. The maximum absolute atomic E-state index is 12.6. The van der Waals surface area contributed by atoms with Crippen molar-refractivity contribution < 1.29 is 13.9 Å². The number of anilines is 1. The van der Waals surface area contributed by atoms with Gasteiger partial charge < -0.3 is 9.15 Å². The number of benzene rings is 1. The first-order valence-electron chi connectivity index (χ1n) is 7.39. The van der Waals surface area contributed by atoms with Crippen LogP contribution in [0.3, 0.4) is 0 Å². The van der Waals surface area contributed by atoms with E-state index in [1.807, 2.05) is 19.9 Å². The van der Waals surface area contributed by atoms with E-state index in [4.69, 9.17) is 14.4 Å². The summed E-state index contributed by atoms with van der Waals surface area (Å²) in [4.78, 5) is 16.9. The quantitative estimate of drug-likeness (QED) is 0.668. The molecule has 8 heteroatoms. The summed E-state index contributed by atoms with van der Waals surface area (Å²) in [6.07, 6.45) is 0. The summed E-state index contributed by atoms with van der Waals surface area (Å²) in [5.74, 6) is 0.958. The molecule has 0 bridgehead atoms. The molecule has 2 heterocycles. The second-order valence-corrected chi connectivity index (χ2v) is 7.45. The van der Waals surface area contributed by atoms with Crippen molar-refractivity contribution >= 4 is 45.1 Å². The first-order chi connectivity index (χ1) is 12.0. The fraction of sp³-hybridized carbons (Fsp3) is 0.235. The predicted molar refractivity (Wildman–Crippen MR) is 98.6 cm³/mol. The highest BCUT2D eigenvalue weighted by Crippen LogP contribution is 2.33. The Balaban J connectivity index is 1.85. The molecule has 0 aliphatic carbocycles. The average molecular weight is 373 g/mol. The van der Waals surface area contributed by atoms with Crippen molar-refractivity contribution in [1.82, 2.24) is 4.98 Å². The fourth-order valence-electron chi connectivity index (χ4n) is 2.37. The normalized spacial score (nSPS) is 10.6. The molecule has 0 saturated carbocycles. The lowest BCUT2D eigenvalue weighted by Crippen LogP contribution is -2.11. The van der Waals surface area contributed by atoms with Gasteiger partial charge in [0, 0.05) is 10.9 Å². The number of amides is 1. The van der Waals surface area contributed by atoms with Crippen LogP contribution in [0.15, 0.2) is 26.8 Å². The fourth-order valence-corrected chi connectivity index (χ4v) is 4.16. The predicted octanol–water partition coefficient (Wildman–Crippen LogP) is 4.38. The van der Waals surface area contributed by atoms with Crippen LogP contribution in [0.1, 0.15) is 21.8 Å². The Labute approximate surface area is 152 Å². The van der Waals surface area contributed by atoms with Gasteiger partial charge in [0.1, 0.15) is 11.3 Å². The standard InChI is InChI=1S/C17H15N3O3S2/c1-9-12-8-11(22-3)4-5-13(12)23-14(9)15(21)20-17-19-10(2)16(25-17)24-7-6-18/h4-5,8H,7H2,1-3H3,(H,19,20,21). The maximum atomic E-state index is 12.6. The Morgan fingerprint density at radius 3 is 3.00 bits per heavy atom. The molecular weight excluding hydrogens is 358 g/mol. The summed E-state index contributed by atoms with van der Waals surface area (Å²) in [6, 6.07) is 7.49. The first-order valence-corrected chi connectivity index (χ1v) is 9.19. The van der Waals surface area contributed by atoms with Crippen molar-refractivity contribution in [2.45, 2.75) is 18.1 Å². The van der Waals surface area contributed by atoms with Gasteiger partial charge in [-0.15, -0.1) is 0 Å². The molecule has 0 saturated heterocycles. The van der Waals surface area contributed by atoms with Gasteiger partial charge in [0.15, 0.2) is 10.9 Å². The van der Waals surface area contributed by atoms with E-state index in [0.29, 0.717) is 22.2 Å². The molecule has 2 aromatic heterocycles. The van der Waals surface area contributed by atoms with Crippen molar-refractivity contribution in [3.8, 4) is 11.8 Å². The summed E-state index contributed by atoms with van der Waals surface area (Å²) < 4.78 is 11.8. The van der Waals surface area contributed by atoms with Crippen molar-refractivity contribution in [2.75, 3.05) is 18.2 Å². The van der Waals surface area contributed by atoms with Gasteiger partial charge in [-0.25, -0.2) is 4.98 Å². The molecule has 0 radical (unpaired) electrons. The zero-order valence-electron chi connectivity index (χ0n) is 13.9. The molecule has 1 N–H and O–H groups in total. The molecule has 1 aromatic carbocycles. The molecule has 0 spiro atoms. The summed E-state index contributed by atoms with van der Waals surface area (Å²) in [6.45, 7) is 3.69. The first kappa shape index (κ1) is 17.3. The molecule has 0 fully saturated rings. The van der Waals surface area contributed by atoms with Crippen LogP contribution in [0.4, 0.5) is 5.13 Å². The third-order valence-corrected chi connectivity index (χ3v) is 5.89. The SMILES string of the molecule is COc1ccc2oc(C(=O)Nc3nc(C)c(SCC#N)s3)c(C)c2c1. The van der Waals surface area contributed by atoms with E-state index in [0.717, 1.165) is 20.9 Å². The van der Waals surface area contributed by atoms with E-state index in [1.165, 1.54) is 23.1 Å². The number of thioether (sulfide) groups is 1. The number of nitrogens with zero attached hydrogens (tertiary/aromatic N) is 2. The summed E-state index contributed by atoms with van der Waals surface area (Å²) in [5, 5.41) is 12.8. The number of nitriles is 1. The highest BCUT2D eigenvalue weighted by atomic mass is 32.2. The number of methoxy groups -OCH3 is 1. The van der Waals surface area contributed by atoms with Crippen molar-refractivity contribution in [1.29, 1.82) is 5.26 Å². The number of carbonyl (C=O) groups excluding carboxylic acids is 1. The van der Waals surface area contributed by atoms with Gasteiger partial charge in [-0.05, 0) is 32.0 Å². The van der Waals surface area contributed by atoms with E-state index in [-0.39, 0.29) is 11.7 Å². The largest absolute Gasteiger partial charge is 0.497 e. The number of rotatable bonds is 5. The van der Waals surface area contributed by atoms with Crippen LogP contribution < -0.4 is 10.1 Å². The topological polar surface area (TPSA) is 88.2 Å². The second kappa shape index (κ2) is 7.17. The van der Waals surface area contributed by atoms with E-state index in [2.05, 4.69) is 16.4 Å². The highest BCUT2D eigenvalue weighted by Gasteiger charge is 2.20. The number of thiazole rings is 1. The minimum absolute atomic E-state index is 0.252. The van der Waals surface area contributed by atoms with Gasteiger partial charge in [0.05, 0.1) is 28.8 Å². The molecular formula is C17H15N3O3S2. The monoisotopic (exact) mass is 373 g/mol. The second-order valence-electron chi connectivity index (χ2n) is 5.21. The molecule has 0 aliphatic heterocycles. The third-order valence-electron chi connectivity index (χ3n) is 3.59. The van der Waals surface area contributed by atoms with Gasteiger partial charge >= 0.3 is 0 Å². The molecule has 3 rings (SSSR count). The Hall–Kier alpha value is -2.50. The van der Waals surface area contributed by atoms with Gasteiger partial charge in [-0.1, -0.05) is 23.1 Å². The van der Waals surface area contributed by atoms with Gasteiger partial charge in [-0.2, -0.15) is 5.26 Å². The zero-order valence-corrected chi connectivity index (χ0v) is 15.5. The maximum Gasteiger partial charge on any atom is 0.293 e. The lowest BCUT2D eigenvalue weighted by Gasteiger charge is -1.99. The molecule has 0 unspecified atom stereocenters. The number of ether oxygens (including phenoxy) is 1. The molecule has 128 valence electrons. The number of hydrogen-bond acceptors (Lipinski definition) is 7. The number of carbonyl (C=O) groups is 1. The summed E-state index contributed by atoms with van der Waals surface area (Å²) >= 11 is 2.76. The lowest BCUT2D eigenvalue weighted by atomic mass is 10.1. The number of nitrogens with one attached hydrogen (secondary N) is 1. The number of hydrogen-bond donors (Lipinski definition) is 1. The Morgan fingerprint density at radius 2 is 2.28 bits per heavy atom. The number of aromatic nitrogens is 1. The molecule has 0 atom stereocenters. The number of aryl methyl sites for hydroxylation is 2. The molecule has 1 amide bonds. The van der Waals surface area contributed by atoms with E-state index >= 15 is 0 Å². The van der Waals surface area contributed by atoms with Gasteiger partial charge in [0.25, 0.3) is 5.91 Å². The minimum Gasteiger partial charge on any atom is -0.497 e. The Bertz CT molecular complexity index is 985. The highest BCUT2D eigenvalue weighted by molar-refractivity contribution is 8.01. The van der Waals surface area contributed by atoms with E-state index < -0.39 is 0 Å². The number of furan rings is 1. The third kappa shape index (κ3) is 3.48. The molecule has 0 aliphatic rings. The van der Waals surface area contributed by atoms with Crippen molar-refractivity contribution in [2.24, 2.45) is 0 Å². The van der Waals surface area contributed by atoms with Crippen LogP contribution in [-0.4, -0.2) is 23.8 Å². The Kier molecular flexibility index (Phi) is 4.97. The van der Waals surface area contributed by atoms with Crippen LogP contribution in [0.2, 0.25) is 0 Å². The van der Waals surface area contributed by atoms with Crippen LogP contribution in [-0.2, 0) is 0 Å². The number of fused-ring (bicyclic) bond motifs is 1. The van der Waals surface area contributed by atoms with Crippen LogP contribution in [0.25, 0.3) is 11.0 Å². The van der Waals surface area contributed by atoms with Crippen LogP contribution >= 0.6 is 23.1 Å².